The van der Waals surface area contributed by atoms with E-state index in [-0.39, 0.29) is 31.6 Å². The third-order valence-corrected chi connectivity index (χ3v) is 9.97. The normalized spacial score (nSPS) is 20.0. The number of ether oxygens (including phenoxy) is 4. The number of esters is 2. The average Bonchev–Trinajstić information content (AvgIpc) is 3.14. The van der Waals surface area contributed by atoms with Crippen LogP contribution in [0.25, 0.3) is 0 Å². The number of β-lactam (4-membered cyclic amide) rings is 1. The SMILES string of the molecule is COc1ccc(COC(=O)C2C(O)CS[C@H]3[C@H](NC(=O)CCCC(NC(=O)OC(C)(C)C)C(=O)OC(c4ccccc4)c4ccccc4)C(=O)N23)cc1. The summed E-state index contributed by atoms with van der Waals surface area (Å²) in [5, 5.41) is 15.4. The second-order valence-electron chi connectivity index (χ2n) is 13.7. The first kappa shape index (κ1) is 39.1. The van der Waals surface area contributed by atoms with Crippen LogP contribution in [0.3, 0.4) is 0 Å². The maximum Gasteiger partial charge on any atom is 0.408 e. The number of hydrogen-bond donors (Lipinski definition) is 3. The van der Waals surface area contributed by atoms with E-state index in [0.29, 0.717) is 11.3 Å². The summed E-state index contributed by atoms with van der Waals surface area (Å²) in [6, 6.07) is 22.1. The van der Waals surface area contributed by atoms with Gasteiger partial charge in [-0.1, -0.05) is 72.8 Å². The smallest absolute Gasteiger partial charge is 0.408 e. The maximum atomic E-state index is 13.7. The predicted molar refractivity (Wildman–Crippen MR) is 195 cm³/mol. The van der Waals surface area contributed by atoms with Crippen molar-refractivity contribution in [2.45, 2.75) is 87.9 Å². The number of hydrogen-bond acceptors (Lipinski definition) is 11. The van der Waals surface area contributed by atoms with Crippen LogP contribution in [-0.4, -0.2) is 87.9 Å². The van der Waals surface area contributed by atoms with Crippen LogP contribution in [0.5, 0.6) is 5.75 Å². The van der Waals surface area contributed by atoms with Crippen LogP contribution in [-0.2, 0) is 40.0 Å². The van der Waals surface area contributed by atoms with E-state index in [2.05, 4.69) is 10.6 Å². The molecule has 53 heavy (non-hydrogen) atoms. The van der Waals surface area contributed by atoms with E-state index in [0.717, 1.165) is 11.1 Å². The second-order valence-corrected chi connectivity index (χ2v) is 14.9. The number of aliphatic hydroxyl groups is 1. The zero-order valence-electron chi connectivity index (χ0n) is 30.1. The zero-order chi connectivity index (χ0) is 38.1. The molecule has 13 nitrogen and oxygen atoms in total. The number of carbonyl (C=O) groups is 5. The van der Waals surface area contributed by atoms with Gasteiger partial charge in [-0.3, -0.25) is 9.59 Å². The number of carbonyl (C=O) groups excluding carboxylic acids is 5. The highest BCUT2D eigenvalue weighted by Gasteiger charge is 2.58. The zero-order valence-corrected chi connectivity index (χ0v) is 30.9. The highest BCUT2D eigenvalue weighted by atomic mass is 32.2. The molecule has 0 bridgehead atoms. The molecule has 3 aromatic carbocycles. The molecule has 2 heterocycles. The van der Waals surface area contributed by atoms with Gasteiger partial charge in [-0.15, -0.1) is 11.8 Å². The van der Waals surface area contributed by atoms with Crippen LogP contribution in [0, 0.1) is 0 Å². The van der Waals surface area contributed by atoms with Crippen molar-refractivity contribution in [3.8, 4) is 5.75 Å². The molecule has 0 aromatic heterocycles. The van der Waals surface area contributed by atoms with Gasteiger partial charge in [0.1, 0.15) is 35.4 Å². The molecule has 0 radical (unpaired) electrons. The van der Waals surface area contributed by atoms with Gasteiger partial charge in [-0.2, -0.15) is 0 Å². The van der Waals surface area contributed by atoms with E-state index in [1.807, 2.05) is 60.7 Å². The van der Waals surface area contributed by atoms with E-state index in [4.69, 9.17) is 18.9 Å². The van der Waals surface area contributed by atoms with Gasteiger partial charge in [0.2, 0.25) is 11.8 Å². The molecule has 3 amide bonds. The van der Waals surface area contributed by atoms with Gasteiger partial charge >= 0.3 is 18.0 Å². The standard InChI is InChI=1S/C39H45N3O10S/c1-39(2,3)52-38(48)40-28(36(46)51-33(25-12-7-5-8-13-25)26-14-9-6-10-15-26)16-11-17-30(44)41-31-34(45)42-32(29(43)23-53-35(31)42)37(47)50-22-24-18-20-27(49-4)21-19-24/h5-10,12-15,18-21,28-29,31-33,35,43H,11,16-17,22-23H2,1-4H3,(H,40,48)(H,41,44)/t28?,29?,31-,32?,35+/m1/s1. The molecule has 5 atom stereocenters. The van der Waals surface area contributed by atoms with Crippen LogP contribution in [0.15, 0.2) is 84.9 Å². The minimum atomic E-state index is -1.21. The number of methoxy groups -OCH3 is 1. The third kappa shape index (κ3) is 10.3. The highest BCUT2D eigenvalue weighted by Crippen LogP contribution is 2.39. The van der Waals surface area contributed by atoms with Gasteiger partial charge in [-0.05, 0) is 62.4 Å². The number of amides is 3. The van der Waals surface area contributed by atoms with Crippen LogP contribution in [0.2, 0.25) is 0 Å². The summed E-state index contributed by atoms with van der Waals surface area (Å²) >= 11 is 1.26. The van der Waals surface area contributed by atoms with Crippen molar-refractivity contribution in [2.24, 2.45) is 0 Å². The molecule has 2 fully saturated rings. The molecule has 0 saturated carbocycles. The van der Waals surface area contributed by atoms with Crippen LogP contribution >= 0.6 is 11.8 Å². The highest BCUT2D eigenvalue weighted by molar-refractivity contribution is 8.00. The number of alkyl carbamates (subject to hydrolysis) is 1. The predicted octanol–water partition coefficient (Wildman–Crippen LogP) is 4.26. The average molecular weight is 748 g/mol. The van der Waals surface area contributed by atoms with Gasteiger partial charge in [0.15, 0.2) is 12.1 Å². The molecule has 282 valence electrons. The Kier molecular flexibility index (Phi) is 13.0. The van der Waals surface area contributed by atoms with Crippen LogP contribution in [0.4, 0.5) is 4.79 Å². The minimum absolute atomic E-state index is 0.0407. The van der Waals surface area contributed by atoms with Crippen molar-refractivity contribution in [1.29, 1.82) is 0 Å². The molecule has 14 heteroatoms. The van der Waals surface area contributed by atoms with Gasteiger partial charge in [0, 0.05) is 12.2 Å². The Morgan fingerprint density at radius 3 is 2.15 bits per heavy atom. The Hall–Kier alpha value is -5.08. The number of thioether (sulfide) groups is 1. The number of aliphatic hydroxyl groups excluding tert-OH is 1. The molecule has 0 aliphatic carbocycles. The fourth-order valence-corrected chi connectivity index (χ4v) is 7.34. The molecule has 3 aromatic rings. The van der Waals surface area contributed by atoms with Crippen molar-refractivity contribution < 1.29 is 48.0 Å². The monoisotopic (exact) mass is 747 g/mol. The van der Waals surface area contributed by atoms with Crippen molar-refractivity contribution in [3.63, 3.8) is 0 Å². The fourth-order valence-electron chi connectivity index (χ4n) is 5.99. The van der Waals surface area contributed by atoms with Gasteiger partial charge in [-0.25, -0.2) is 14.4 Å². The summed E-state index contributed by atoms with van der Waals surface area (Å²) < 4.78 is 22.0. The summed E-state index contributed by atoms with van der Waals surface area (Å²) in [5.41, 5.74) is 1.36. The lowest BCUT2D eigenvalue weighted by Crippen LogP contribution is -2.76. The first-order chi connectivity index (χ1) is 25.3. The molecule has 3 unspecified atom stereocenters. The summed E-state index contributed by atoms with van der Waals surface area (Å²) in [6.45, 7) is 5.05. The largest absolute Gasteiger partial charge is 0.497 e. The first-order valence-corrected chi connectivity index (χ1v) is 18.4. The second kappa shape index (κ2) is 17.6. The molecule has 2 aliphatic rings. The van der Waals surface area contributed by atoms with Gasteiger partial charge in [0.05, 0.1) is 13.2 Å². The van der Waals surface area contributed by atoms with Crippen LogP contribution in [0.1, 0.15) is 62.8 Å². The number of rotatable bonds is 14. The minimum Gasteiger partial charge on any atom is -0.497 e. The quantitative estimate of drug-likeness (QED) is 0.122. The van der Waals surface area contributed by atoms with Gasteiger partial charge in [0.25, 0.3) is 0 Å². The van der Waals surface area contributed by atoms with E-state index >= 15 is 0 Å². The Bertz CT molecular complexity index is 1700. The summed E-state index contributed by atoms with van der Waals surface area (Å²) in [5.74, 6) is -1.60. The number of fused-ring (bicyclic) bond motifs is 1. The molecule has 5 rings (SSSR count). The van der Waals surface area contributed by atoms with Crippen molar-refractivity contribution >= 4 is 41.6 Å². The molecule has 3 N–H and O–H groups in total. The van der Waals surface area contributed by atoms with Crippen molar-refractivity contribution in [3.05, 3.63) is 102 Å². The van der Waals surface area contributed by atoms with E-state index in [1.165, 1.54) is 16.7 Å². The number of nitrogens with one attached hydrogen (secondary N) is 2. The Morgan fingerprint density at radius 2 is 1.57 bits per heavy atom. The number of benzene rings is 3. The summed E-state index contributed by atoms with van der Waals surface area (Å²) in [4.78, 5) is 67.0. The number of nitrogens with zero attached hydrogens (tertiary/aromatic N) is 1. The molecule has 0 spiro atoms. The van der Waals surface area contributed by atoms with Crippen LogP contribution < -0.4 is 15.4 Å². The van der Waals surface area contributed by atoms with Crippen molar-refractivity contribution in [2.75, 3.05) is 12.9 Å². The fraction of sp³-hybridized carbons (Fsp3) is 0.410. The third-order valence-electron chi connectivity index (χ3n) is 8.59. The first-order valence-electron chi connectivity index (χ1n) is 17.4. The Labute approximate surface area is 312 Å². The van der Waals surface area contributed by atoms with E-state index in [1.54, 1.807) is 52.1 Å². The molecule has 2 aliphatic heterocycles. The maximum absolute atomic E-state index is 13.7. The Balaban J connectivity index is 1.18. The lowest BCUT2D eigenvalue weighted by molar-refractivity contribution is -0.172. The summed E-state index contributed by atoms with van der Waals surface area (Å²) in [7, 11) is 1.55. The lowest BCUT2D eigenvalue weighted by atomic mass is 9.99. The molecular formula is C39H45N3O10S. The summed E-state index contributed by atoms with van der Waals surface area (Å²) in [6.07, 6.45) is -2.58. The lowest BCUT2D eigenvalue weighted by Gasteiger charge is -2.53. The van der Waals surface area contributed by atoms with Crippen molar-refractivity contribution in [1.82, 2.24) is 15.5 Å². The van der Waals surface area contributed by atoms with Gasteiger partial charge < -0.3 is 39.6 Å². The molecule has 2 saturated heterocycles. The van der Waals surface area contributed by atoms with E-state index < -0.39 is 71.2 Å². The van der Waals surface area contributed by atoms with E-state index in [9.17, 15) is 29.1 Å². The Morgan fingerprint density at radius 1 is 0.943 bits per heavy atom. The topological polar surface area (TPSA) is 170 Å². The molecular weight excluding hydrogens is 703 g/mol.